The van der Waals surface area contributed by atoms with E-state index in [2.05, 4.69) is 22.6 Å². The fourth-order valence-electron chi connectivity index (χ4n) is 3.47. The number of carbonyl (C=O) groups excluding carboxylic acids is 2. The standard InChI is InChI=1S/C22H19IN2O5S/c1-15-4-10-19(11-5-15)31(28,29)24(14-18-3-2-12-30-18)20-13-21(26)25(22(20)27)17-8-6-16(23)7-9-17/h2-12,20H,13-14H2,1H3. The molecule has 31 heavy (non-hydrogen) atoms. The van der Waals surface area contributed by atoms with E-state index in [-0.39, 0.29) is 17.9 Å². The average Bonchev–Trinajstić information content (AvgIpc) is 3.35. The third-order valence-electron chi connectivity index (χ3n) is 5.07. The molecule has 3 aromatic rings. The van der Waals surface area contributed by atoms with Crippen LogP contribution in [0.5, 0.6) is 0 Å². The summed E-state index contributed by atoms with van der Waals surface area (Å²) in [4.78, 5) is 27.1. The van der Waals surface area contributed by atoms with Crippen molar-refractivity contribution in [1.82, 2.24) is 4.31 Å². The van der Waals surface area contributed by atoms with E-state index in [0.717, 1.165) is 18.3 Å². The predicted molar refractivity (Wildman–Crippen MR) is 123 cm³/mol. The third kappa shape index (κ3) is 4.30. The van der Waals surface area contributed by atoms with Gasteiger partial charge in [-0.3, -0.25) is 9.59 Å². The molecule has 4 rings (SSSR count). The van der Waals surface area contributed by atoms with E-state index in [9.17, 15) is 18.0 Å². The number of sulfonamides is 1. The monoisotopic (exact) mass is 550 g/mol. The van der Waals surface area contributed by atoms with Gasteiger partial charge in [0.1, 0.15) is 11.8 Å². The maximum atomic E-state index is 13.5. The third-order valence-corrected chi connectivity index (χ3v) is 7.66. The average molecular weight is 550 g/mol. The molecule has 2 aromatic carbocycles. The summed E-state index contributed by atoms with van der Waals surface area (Å²) < 4.78 is 34.4. The summed E-state index contributed by atoms with van der Waals surface area (Å²) in [6.45, 7) is 1.70. The van der Waals surface area contributed by atoms with Gasteiger partial charge in [0.2, 0.25) is 15.9 Å². The number of hydrogen-bond acceptors (Lipinski definition) is 5. The van der Waals surface area contributed by atoms with Gasteiger partial charge in [-0.2, -0.15) is 4.31 Å². The van der Waals surface area contributed by atoms with Crippen LogP contribution in [0, 0.1) is 10.5 Å². The number of nitrogens with zero attached hydrogens (tertiary/aromatic N) is 2. The van der Waals surface area contributed by atoms with Gasteiger partial charge in [0.25, 0.3) is 5.91 Å². The summed E-state index contributed by atoms with van der Waals surface area (Å²) in [5.41, 5.74) is 1.33. The van der Waals surface area contributed by atoms with Crippen molar-refractivity contribution in [3.8, 4) is 0 Å². The minimum atomic E-state index is -4.07. The zero-order valence-corrected chi connectivity index (χ0v) is 19.5. The number of benzene rings is 2. The normalized spacial score (nSPS) is 17.0. The highest BCUT2D eigenvalue weighted by molar-refractivity contribution is 14.1. The summed E-state index contributed by atoms with van der Waals surface area (Å²) in [7, 11) is -4.07. The lowest BCUT2D eigenvalue weighted by Crippen LogP contribution is -2.45. The lowest BCUT2D eigenvalue weighted by molar-refractivity contribution is -0.122. The summed E-state index contributed by atoms with van der Waals surface area (Å²) in [5.74, 6) is -0.642. The second-order valence-corrected chi connectivity index (χ2v) is 10.3. The Hall–Kier alpha value is -2.50. The van der Waals surface area contributed by atoms with Gasteiger partial charge in [-0.15, -0.1) is 0 Å². The Kier molecular flexibility index (Phi) is 6.00. The Morgan fingerprint density at radius 2 is 1.74 bits per heavy atom. The van der Waals surface area contributed by atoms with Crippen LogP contribution in [0.4, 0.5) is 5.69 Å². The first-order chi connectivity index (χ1) is 14.8. The number of rotatable bonds is 6. The molecule has 0 aliphatic carbocycles. The van der Waals surface area contributed by atoms with Crippen LogP contribution >= 0.6 is 22.6 Å². The van der Waals surface area contributed by atoms with E-state index < -0.39 is 27.9 Å². The molecule has 1 aliphatic rings. The molecule has 160 valence electrons. The molecule has 7 nitrogen and oxygen atoms in total. The van der Waals surface area contributed by atoms with Gasteiger partial charge in [-0.1, -0.05) is 17.7 Å². The Bertz CT molecular complexity index is 1210. The van der Waals surface area contributed by atoms with Crippen LogP contribution in [0.15, 0.2) is 76.2 Å². The molecule has 1 aliphatic heterocycles. The highest BCUT2D eigenvalue weighted by atomic mass is 127. The smallest absolute Gasteiger partial charge is 0.252 e. The predicted octanol–water partition coefficient (Wildman–Crippen LogP) is 3.72. The SMILES string of the molecule is Cc1ccc(S(=O)(=O)N(Cc2ccco2)C2CC(=O)N(c3ccc(I)cc3)C2=O)cc1. The first-order valence-corrected chi connectivity index (χ1v) is 12.0. The Morgan fingerprint density at radius 1 is 1.06 bits per heavy atom. The molecule has 2 amide bonds. The van der Waals surface area contributed by atoms with E-state index in [1.54, 1.807) is 48.5 Å². The van der Waals surface area contributed by atoms with Crippen molar-refractivity contribution >= 4 is 50.1 Å². The number of imide groups is 1. The maximum Gasteiger partial charge on any atom is 0.252 e. The van der Waals surface area contributed by atoms with Crippen molar-refractivity contribution in [1.29, 1.82) is 0 Å². The molecule has 0 bridgehead atoms. The fourth-order valence-corrected chi connectivity index (χ4v) is 5.37. The molecule has 1 atom stereocenters. The van der Waals surface area contributed by atoms with Crippen LogP contribution in [0.1, 0.15) is 17.7 Å². The zero-order chi connectivity index (χ0) is 22.2. The quantitative estimate of drug-likeness (QED) is 0.345. The van der Waals surface area contributed by atoms with Gasteiger partial charge in [0.15, 0.2) is 0 Å². The minimum Gasteiger partial charge on any atom is -0.468 e. The Labute approximate surface area is 193 Å². The van der Waals surface area contributed by atoms with Crippen molar-refractivity contribution in [2.45, 2.75) is 30.8 Å². The first-order valence-electron chi connectivity index (χ1n) is 9.50. The van der Waals surface area contributed by atoms with E-state index in [1.165, 1.54) is 18.4 Å². The summed E-state index contributed by atoms with van der Waals surface area (Å²) in [6, 6.07) is 15.4. The number of carbonyl (C=O) groups is 2. The van der Waals surface area contributed by atoms with Crippen molar-refractivity contribution < 1.29 is 22.4 Å². The maximum absolute atomic E-state index is 13.5. The van der Waals surface area contributed by atoms with Crippen LogP contribution in [0.3, 0.4) is 0 Å². The highest BCUT2D eigenvalue weighted by Crippen LogP contribution is 2.31. The largest absolute Gasteiger partial charge is 0.468 e. The summed E-state index contributed by atoms with van der Waals surface area (Å²) in [6.07, 6.45) is 1.20. The second kappa shape index (κ2) is 8.56. The number of anilines is 1. The highest BCUT2D eigenvalue weighted by Gasteiger charge is 2.47. The number of furan rings is 1. The Balaban J connectivity index is 1.73. The van der Waals surface area contributed by atoms with Gasteiger partial charge in [0.05, 0.1) is 29.8 Å². The Morgan fingerprint density at radius 3 is 2.35 bits per heavy atom. The lowest BCUT2D eigenvalue weighted by Gasteiger charge is -2.26. The van der Waals surface area contributed by atoms with E-state index >= 15 is 0 Å². The molecule has 0 radical (unpaired) electrons. The van der Waals surface area contributed by atoms with E-state index in [0.29, 0.717) is 11.4 Å². The second-order valence-electron chi connectivity index (χ2n) is 7.21. The summed E-state index contributed by atoms with van der Waals surface area (Å²) >= 11 is 2.13. The van der Waals surface area contributed by atoms with Gasteiger partial charge in [-0.25, -0.2) is 13.3 Å². The van der Waals surface area contributed by atoms with Crippen LogP contribution in [-0.2, 0) is 26.2 Å². The molecule has 0 saturated carbocycles. The van der Waals surface area contributed by atoms with Crippen LogP contribution in [0.2, 0.25) is 0 Å². The number of aryl methyl sites for hydroxylation is 1. The molecule has 1 aromatic heterocycles. The van der Waals surface area contributed by atoms with E-state index in [4.69, 9.17) is 4.42 Å². The van der Waals surface area contributed by atoms with Crippen molar-refractivity contribution in [3.63, 3.8) is 0 Å². The molecular weight excluding hydrogens is 531 g/mol. The number of amides is 2. The van der Waals surface area contributed by atoms with Gasteiger partial charge < -0.3 is 4.42 Å². The summed E-state index contributed by atoms with van der Waals surface area (Å²) in [5, 5.41) is 0. The molecule has 1 fully saturated rings. The van der Waals surface area contributed by atoms with Crippen molar-refractivity contribution in [3.05, 3.63) is 81.8 Å². The topological polar surface area (TPSA) is 87.9 Å². The molecule has 1 unspecified atom stereocenters. The molecule has 0 N–H and O–H groups in total. The van der Waals surface area contributed by atoms with Crippen LogP contribution in [0.25, 0.3) is 0 Å². The molecule has 1 saturated heterocycles. The van der Waals surface area contributed by atoms with Crippen LogP contribution < -0.4 is 4.90 Å². The fraction of sp³-hybridized carbons (Fsp3) is 0.182. The zero-order valence-electron chi connectivity index (χ0n) is 16.6. The molecular formula is C22H19IN2O5S. The van der Waals surface area contributed by atoms with Crippen molar-refractivity contribution in [2.75, 3.05) is 4.90 Å². The van der Waals surface area contributed by atoms with E-state index in [1.807, 2.05) is 6.92 Å². The molecule has 9 heteroatoms. The number of hydrogen-bond donors (Lipinski definition) is 0. The van der Waals surface area contributed by atoms with Crippen LogP contribution in [-0.4, -0.2) is 30.6 Å². The molecule has 0 spiro atoms. The first kappa shape index (κ1) is 21.7. The lowest BCUT2D eigenvalue weighted by atomic mass is 10.2. The van der Waals surface area contributed by atoms with Gasteiger partial charge in [-0.05, 0) is 78.0 Å². The van der Waals surface area contributed by atoms with Crippen molar-refractivity contribution in [2.24, 2.45) is 0 Å². The minimum absolute atomic E-state index is 0.0534. The number of halogens is 1. The van der Waals surface area contributed by atoms with Gasteiger partial charge in [0, 0.05) is 3.57 Å². The van der Waals surface area contributed by atoms with Gasteiger partial charge >= 0.3 is 0 Å². The molecule has 2 heterocycles.